The zero-order chi connectivity index (χ0) is 16.8. The molecule has 6 nitrogen and oxygen atoms in total. The SMILES string of the molecule is CCOC(=O)c1ccc(CN2CC(C(=O)OCC)CC2=O)cc1. The standard InChI is InChI=1S/C17H21NO5/c1-3-22-16(20)13-7-5-12(6-8-13)10-18-11-14(9-15(18)19)17(21)23-4-2/h5-8,14H,3-4,9-11H2,1-2H3. The van der Waals surface area contributed by atoms with Gasteiger partial charge in [-0.2, -0.15) is 0 Å². The Balaban J connectivity index is 1.95. The lowest BCUT2D eigenvalue weighted by molar-refractivity contribution is -0.147. The molecular weight excluding hydrogens is 298 g/mol. The van der Waals surface area contributed by atoms with Crippen LogP contribution in [0.4, 0.5) is 0 Å². The first-order chi connectivity index (χ1) is 11.0. The van der Waals surface area contributed by atoms with Crippen molar-refractivity contribution in [1.29, 1.82) is 0 Å². The summed E-state index contributed by atoms with van der Waals surface area (Å²) in [5.41, 5.74) is 1.38. The lowest BCUT2D eigenvalue weighted by atomic mass is 10.1. The van der Waals surface area contributed by atoms with Crippen LogP contribution in [0.3, 0.4) is 0 Å². The van der Waals surface area contributed by atoms with E-state index in [9.17, 15) is 14.4 Å². The molecule has 0 aromatic heterocycles. The number of ether oxygens (including phenoxy) is 2. The van der Waals surface area contributed by atoms with Gasteiger partial charge in [0.2, 0.25) is 5.91 Å². The number of amides is 1. The van der Waals surface area contributed by atoms with Crippen LogP contribution in [0.1, 0.15) is 36.2 Å². The molecule has 1 aromatic rings. The Morgan fingerprint density at radius 3 is 2.39 bits per heavy atom. The van der Waals surface area contributed by atoms with Crippen LogP contribution in [0.2, 0.25) is 0 Å². The molecular formula is C17H21NO5. The van der Waals surface area contributed by atoms with Crippen molar-refractivity contribution in [1.82, 2.24) is 4.90 Å². The Morgan fingerprint density at radius 2 is 1.78 bits per heavy atom. The van der Waals surface area contributed by atoms with E-state index >= 15 is 0 Å². The van der Waals surface area contributed by atoms with E-state index in [4.69, 9.17) is 9.47 Å². The van der Waals surface area contributed by atoms with Crippen molar-refractivity contribution in [3.05, 3.63) is 35.4 Å². The number of nitrogens with zero attached hydrogens (tertiary/aromatic N) is 1. The van der Waals surface area contributed by atoms with Gasteiger partial charge in [0.15, 0.2) is 0 Å². The van der Waals surface area contributed by atoms with Gasteiger partial charge in [-0.15, -0.1) is 0 Å². The summed E-state index contributed by atoms with van der Waals surface area (Å²) >= 11 is 0. The molecule has 0 aliphatic carbocycles. The van der Waals surface area contributed by atoms with Gasteiger partial charge in [0.25, 0.3) is 0 Å². The van der Waals surface area contributed by atoms with E-state index in [0.29, 0.717) is 31.9 Å². The number of benzene rings is 1. The van der Waals surface area contributed by atoms with E-state index in [0.717, 1.165) is 5.56 Å². The Morgan fingerprint density at radius 1 is 1.13 bits per heavy atom. The molecule has 1 atom stereocenters. The Bertz CT molecular complexity index is 581. The number of hydrogen-bond donors (Lipinski definition) is 0. The van der Waals surface area contributed by atoms with E-state index in [1.165, 1.54) is 0 Å². The molecule has 2 rings (SSSR count). The highest BCUT2D eigenvalue weighted by Crippen LogP contribution is 2.21. The average molecular weight is 319 g/mol. The van der Waals surface area contributed by atoms with E-state index in [-0.39, 0.29) is 30.2 Å². The van der Waals surface area contributed by atoms with Crippen LogP contribution in [0.5, 0.6) is 0 Å². The lowest BCUT2D eigenvalue weighted by Gasteiger charge is -2.16. The monoisotopic (exact) mass is 319 g/mol. The van der Waals surface area contributed by atoms with Crippen LogP contribution in [0, 0.1) is 5.92 Å². The first-order valence-electron chi connectivity index (χ1n) is 7.75. The van der Waals surface area contributed by atoms with Crippen molar-refractivity contribution in [3.8, 4) is 0 Å². The second-order valence-electron chi connectivity index (χ2n) is 5.34. The molecule has 0 saturated carbocycles. The maximum absolute atomic E-state index is 12.0. The molecule has 1 aliphatic rings. The minimum atomic E-state index is -0.388. The molecule has 124 valence electrons. The van der Waals surface area contributed by atoms with Gasteiger partial charge in [-0.1, -0.05) is 12.1 Å². The summed E-state index contributed by atoms with van der Waals surface area (Å²) in [6, 6.07) is 6.93. The molecule has 1 unspecified atom stereocenters. The minimum absolute atomic E-state index is 0.0578. The van der Waals surface area contributed by atoms with Crippen LogP contribution < -0.4 is 0 Å². The molecule has 6 heteroatoms. The Kier molecular flexibility index (Phi) is 5.73. The van der Waals surface area contributed by atoms with Gasteiger partial charge in [-0.3, -0.25) is 9.59 Å². The zero-order valence-corrected chi connectivity index (χ0v) is 13.4. The second kappa shape index (κ2) is 7.76. The molecule has 1 heterocycles. The van der Waals surface area contributed by atoms with Gasteiger partial charge in [0.1, 0.15) is 0 Å². The van der Waals surface area contributed by atoms with E-state index in [1.807, 2.05) is 0 Å². The number of esters is 2. The van der Waals surface area contributed by atoms with Crippen LogP contribution in [-0.4, -0.2) is 42.5 Å². The van der Waals surface area contributed by atoms with E-state index < -0.39 is 0 Å². The van der Waals surface area contributed by atoms with Crippen molar-refractivity contribution >= 4 is 17.8 Å². The summed E-state index contributed by atoms with van der Waals surface area (Å²) in [6.07, 6.45) is 0.194. The molecule has 1 aliphatic heterocycles. The molecule has 1 saturated heterocycles. The highest BCUT2D eigenvalue weighted by molar-refractivity contribution is 5.89. The number of carbonyl (C=O) groups is 3. The third kappa shape index (κ3) is 4.31. The van der Waals surface area contributed by atoms with Crippen molar-refractivity contribution in [3.63, 3.8) is 0 Å². The number of likely N-dealkylation sites (tertiary alicyclic amines) is 1. The summed E-state index contributed by atoms with van der Waals surface area (Å²) in [6.45, 7) is 4.94. The molecule has 0 bridgehead atoms. The van der Waals surface area contributed by atoms with Gasteiger partial charge >= 0.3 is 11.9 Å². The average Bonchev–Trinajstić information content (AvgIpc) is 2.90. The molecule has 0 radical (unpaired) electrons. The predicted octanol–water partition coefficient (Wildman–Crippen LogP) is 1.77. The molecule has 0 N–H and O–H groups in total. The van der Waals surface area contributed by atoms with Crippen molar-refractivity contribution in [2.24, 2.45) is 5.92 Å². The summed E-state index contributed by atoms with van der Waals surface area (Å²) < 4.78 is 9.90. The van der Waals surface area contributed by atoms with Crippen LogP contribution in [0.25, 0.3) is 0 Å². The summed E-state index contributed by atoms with van der Waals surface area (Å²) in [4.78, 5) is 37.0. The van der Waals surface area contributed by atoms with Crippen LogP contribution in [-0.2, 0) is 25.6 Å². The summed E-state index contributed by atoms with van der Waals surface area (Å²) in [7, 11) is 0. The minimum Gasteiger partial charge on any atom is -0.466 e. The Labute approximate surface area is 135 Å². The third-order valence-corrected chi connectivity index (χ3v) is 3.67. The van der Waals surface area contributed by atoms with Crippen molar-refractivity contribution < 1.29 is 23.9 Å². The highest BCUT2D eigenvalue weighted by atomic mass is 16.5. The van der Waals surface area contributed by atoms with Crippen molar-refractivity contribution in [2.45, 2.75) is 26.8 Å². The number of carbonyl (C=O) groups excluding carboxylic acids is 3. The molecule has 1 aromatic carbocycles. The summed E-state index contributed by atoms with van der Waals surface area (Å²) in [5, 5.41) is 0. The van der Waals surface area contributed by atoms with E-state index in [2.05, 4.69) is 0 Å². The van der Waals surface area contributed by atoms with E-state index in [1.54, 1.807) is 43.0 Å². The fourth-order valence-corrected chi connectivity index (χ4v) is 2.52. The van der Waals surface area contributed by atoms with Crippen LogP contribution >= 0.6 is 0 Å². The number of rotatable bonds is 6. The molecule has 1 amide bonds. The van der Waals surface area contributed by atoms with Gasteiger partial charge in [-0.25, -0.2) is 4.79 Å². The molecule has 23 heavy (non-hydrogen) atoms. The van der Waals surface area contributed by atoms with Gasteiger partial charge in [0.05, 0.1) is 24.7 Å². The number of hydrogen-bond acceptors (Lipinski definition) is 5. The fourth-order valence-electron chi connectivity index (χ4n) is 2.52. The molecule has 1 fully saturated rings. The predicted molar refractivity (Wildman–Crippen MR) is 82.6 cm³/mol. The van der Waals surface area contributed by atoms with Gasteiger partial charge in [0, 0.05) is 19.5 Å². The quantitative estimate of drug-likeness (QED) is 0.747. The maximum Gasteiger partial charge on any atom is 0.338 e. The maximum atomic E-state index is 12.0. The zero-order valence-electron chi connectivity index (χ0n) is 13.4. The summed E-state index contributed by atoms with van der Waals surface area (Å²) in [5.74, 6) is -1.13. The smallest absolute Gasteiger partial charge is 0.338 e. The fraction of sp³-hybridized carbons (Fsp3) is 0.471. The first kappa shape index (κ1) is 17.0. The molecule has 0 spiro atoms. The second-order valence-corrected chi connectivity index (χ2v) is 5.34. The largest absolute Gasteiger partial charge is 0.466 e. The highest BCUT2D eigenvalue weighted by Gasteiger charge is 2.35. The Hall–Kier alpha value is -2.37. The van der Waals surface area contributed by atoms with Crippen molar-refractivity contribution in [2.75, 3.05) is 19.8 Å². The van der Waals surface area contributed by atoms with Gasteiger partial charge < -0.3 is 14.4 Å². The topological polar surface area (TPSA) is 72.9 Å². The van der Waals surface area contributed by atoms with Crippen LogP contribution in [0.15, 0.2) is 24.3 Å². The lowest BCUT2D eigenvalue weighted by Crippen LogP contribution is -2.26. The van der Waals surface area contributed by atoms with Gasteiger partial charge in [-0.05, 0) is 31.5 Å². The normalized spacial score (nSPS) is 17.2. The first-order valence-corrected chi connectivity index (χ1v) is 7.75. The third-order valence-electron chi connectivity index (χ3n) is 3.67.